The lowest BCUT2D eigenvalue weighted by Gasteiger charge is -2.59. The van der Waals surface area contributed by atoms with Gasteiger partial charge in [0, 0.05) is 12.1 Å². The minimum absolute atomic E-state index is 0.0555. The Morgan fingerprint density at radius 1 is 1.31 bits per heavy atom. The standard InChI is InChI=1S/C30H38N2O7/c1-17(18(2)38-24(33)11-15-32-28(34)21-7-5-14-31-21)37-23-10-13-30(35)20-6-4-12-29(30)25-19(16-20)8-9-22(36-3)26(25)39-27(23)29/h8-10,18,20-21,27,31,35H,1,4-7,11-16H2,2-3H3,(H,32,34)/t18-,20+,21-,27-,29-,30+/m0/s1. The molecule has 9 heteroatoms. The molecule has 6 atom stereocenters. The third-order valence-electron chi connectivity index (χ3n) is 9.48. The molecule has 210 valence electrons. The molecular weight excluding hydrogens is 500 g/mol. The summed E-state index contributed by atoms with van der Waals surface area (Å²) in [5.41, 5.74) is 0.718. The van der Waals surface area contributed by atoms with Crippen molar-refractivity contribution in [3.8, 4) is 11.5 Å². The fourth-order valence-corrected chi connectivity index (χ4v) is 7.56. The molecule has 0 unspecified atom stereocenters. The largest absolute Gasteiger partial charge is 0.493 e. The molecule has 1 aromatic carbocycles. The van der Waals surface area contributed by atoms with Crippen LogP contribution < -0.4 is 20.1 Å². The van der Waals surface area contributed by atoms with Gasteiger partial charge in [-0.05, 0) is 75.6 Å². The molecule has 2 aliphatic heterocycles. The van der Waals surface area contributed by atoms with Crippen LogP contribution >= 0.6 is 0 Å². The monoisotopic (exact) mass is 538 g/mol. The van der Waals surface area contributed by atoms with Crippen molar-refractivity contribution >= 4 is 11.9 Å². The van der Waals surface area contributed by atoms with Crippen molar-refractivity contribution < 1.29 is 33.6 Å². The van der Waals surface area contributed by atoms with Crippen molar-refractivity contribution in [3.05, 3.63) is 47.4 Å². The molecule has 6 rings (SSSR count). The number of carbonyl (C=O) groups excluding carboxylic acids is 2. The van der Waals surface area contributed by atoms with Crippen molar-refractivity contribution in [2.45, 2.75) is 87.6 Å². The minimum Gasteiger partial charge on any atom is -0.493 e. The van der Waals surface area contributed by atoms with Gasteiger partial charge in [-0.2, -0.15) is 0 Å². The average Bonchev–Trinajstić information content (AvgIpc) is 3.56. The Hall–Kier alpha value is -3.04. The van der Waals surface area contributed by atoms with E-state index >= 15 is 0 Å². The maximum atomic E-state index is 12.5. The summed E-state index contributed by atoms with van der Waals surface area (Å²) in [4.78, 5) is 24.6. The first-order chi connectivity index (χ1) is 18.8. The number of methoxy groups -OCH3 is 1. The van der Waals surface area contributed by atoms with E-state index < -0.39 is 29.2 Å². The van der Waals surface area contributed by atoms with Crippen molar-refractivity contribution in [2.75, 3.05) is 20.2 Å². The van der Waals surface area contributed by atoms with E-state index in [4.69, 9.17) is 18.9 Å². The maximum Gasteiger partial charge on any atom is 0.308 e. The lowest BCUT2D eigenvalue weighted by molar-refractivity contribution is -0.152. The number of rotatable bonds is 9. The predicted octanol–water partition coefficient (Wildman–Crippen LogP) is 2.79. The van der Waals surface area contributed by atoms with Crippen LogP contribution in [0.1, 0.15) is 63.0 Å². The summed E-state index contributed by atoms with van der Waals surface area (Å²) in [5, 5.41) is 18.1. The lowest BCUT2D eigenvalue weighted by Crippen LogP contribution is -2.67. The maximum absolute atomic E-state index is 12.5. The first kappa shape index (κ1) is 26.2. The molecule has 1 spiro atoms. The van der Waals surface area contributed by atoms with Gasteiger partial charge in [-0.1, -0.05) is 19.1 Å². The van der Waals surface area contributed by atoms with Crippen LogP contribution in [0.25, 0.3) is 0 Å². The fourth-order valence-electron chi connectivity index (χ4n) is 7.56. The van der Waals surface area contributed by atoms with E-state index in [1.807, 2.05) is 12.1 Å². The van der Waals surface area contributed by atoms with Crippen LogP contribution in [-0.4, -0.2) is 61.0 Å². The van der Waals surface area contributed by atoms with Crippen molar-refractivity contribution in [2.24, 2.45) is 5.92 Å². The average molecular weight is 539 g/mol. The Balaban J connectivity index is 1.14. The van der Waals surface area contributed by atoms with Gasteiger partial charge in [0.2, 0.25) is 5.91 Å². The van der Waals surface area contributed by atoms with Crippen molar-refractivity contribution in [1.82, 2.24) is 10.6 Å². The highest BCUT2D eigenvalue weighted by atomic mass is 16.6. The third kappa shape index (κ3) is 4.04. The topological polar surface area (TPSA) is 115 Å². The molecule has 0 aromatic heterocycles. The molecule has 1 saturated carbocycles. The summed E-state index contributed by atoms with van der Waals surface area (Å²) >= 11 is 0. The van der Waals surface area contributed by atoms with Crippen LogP contribution in [0.15, 0.2) is 36.3 Å². The molecule has 0 radical (unpaired) electrons. The second-order valence-electron chi connectivity index (χ2n) is 11.5. The number of aliphatic hydroxyl groups is 1. The number of ether oxygens (including phenoxy) is 4. The van der Waals surface area contributed by atoms with Crippen LogP contribution in [0.2, 0.25) is 0 Å². The van der Waals surface area contributed by atoms with Gasteiger partial charge in [0.25, 0.3) is 0 Å². The second-order valence-corrected chi connectivity index (χ2v) is 11.5. The molecule has 2 bridgehead atoms. The Labute approximate surface area is 228 Å². The van der Waals surface area contributed by atoms with E-state index in [0.717, 1.165) is 50.6 Å². The first-order valence-electron chi connectivity index (χ1n) is 14.1. The summed E-state index contributed by atoms with van der Waals surface area (Å²) in [6.45, 7) is 6.80. The third-order valence-corrected chi connectivity index (χ3v) is 9.48. The Bertz CT molecular complexity index is 1220. The Morgan fingerprint density at radius 3 is 2.92 bits per heavy atom. The summed E-state index contributed by atoms with van der Waals surface area (Å²) in [6, 6.07) is 3.87. The van der Waals surface area contributed by atoms with E-state index in [-0.39, 0.29) is 36.6 Å². The minimum atomic E-state index is -0.925. The SMILES string of the molecule is C=C(OC1=CC[C@@]2(O)[C@@H]3CCC[C@@]24c2c(ccc(OC)c2O[C@@H]14)C3)[C@H](C)OC(=O)CCNC(=O)[C@@H]1CCCN1. The number of nitrogens with one attached hydrogen (secondary N) is 2. The van der Waals surface area contributed by atoms with Gasteiger partial charge in [0.1, 0.15) is 11.5 Å². The number of hydrogen-bond donors (Lipinski definition) is 3. The van der Waals surface area contributed by atoms with Gasteiger partial charge in [0.15, 0.2) is 23.7 Å². The van der Waals surface area contributed by atoms with Crippen LogP contribution in [0.3, 0.4) is 0 Å². The number of benzene rings is 1. The first-order valence-corrected chi connectivity index (χ1v) is 14.1. The van der Waals surface area contributed by atoms with Gasteiger partial charge in [0.05, 0.1) is 30.6 Å². The molecule has 5 aliphatic rings. The zero-order valence-electron chi connectivity index (χ0n) is 22.7. The predicted molar refractivity (Wildman–Crippen MR) is 142 cm³/mol. The Morgan fingerprint density at radius 2 is 2.15 bits per heavy atom. The highest BCUT2D eigenvalue weighted by Gasteiger charge is 2.70. The zero-order valence-corrected chi connectivity index (χ0v) is 22.7. The number of esters is 1. The second kappa shape index (κ2) is 9.86. The molecule has 9 nitrogen and oxygen atoms in total. The normalized spacial score (nSPS) is 32.3. The zero-order chi connectivity index (χ0) is 27.4. The molecule has 2 fully saturated rings. The molecule has 1 saturated heterocycles. The summed E-state index contributed by atoms with van der Waals surface area (Å²) < 4.78 is 24.0. The number of hydrogen-bond acceptors (Lipinski definition) is 8. The summed E-state index contributed by atoms with van der Waals surface area (Å²) in [5.74, 6) is 1.82. The quantitative estimate of drug-likeness (QED) is 0.325. The van der Waals surface area contributed by atoms with Crippen molar-refractivity contribution in [1.29, 1.82) is 0 Å². The van der Waals surface area contributed by atoms with E-state index in [1.165, 1.54) is 5.56 Å². The molecule has 3 aliphatic carbocycles. The van der Waals surface area contributed by atoms with E-state index in [2.05, 4.69) is 23.3 Å². The van der Waals surface area contributed by atoms with Gasteiger partial charge >= 0.3 is 5.97 Å². The molecule has 39 heavy (non-hydrogen) atoms. The lowest BCUT2D eigenvalue weighted by atomic mass is 9.47. The van der Waals surface area contributed by atoms with Crippen molar-refractivity contribution in [3.63, 3.8) is 0 Å². The highest BCUT2D eigenvalue weighted by molar-refractivity contribution is 5.82. The molecular formula is C30H38N2O7. The highest BCUT2D eigenvalue weighted by Crippen LogP contribution is 2.67. The van der Waals surface area contributed by atoms with Gasteiger partial charge in [-0.3, -0.25) is 9.59 Å². The van der Waals surface area contributed by atoms with Gasteiger partial charge in [-0.15, -0.1) is 0 Å². The molecule has 2 heterocycles. The molecule has 1 amide bonds. The smallest absolute Gasteiger partial charge is 0.308 e. The van der Waals surface area contributed by atoms with E-state index in [1.54, 1.807) is 14.0 Å². The summed E-state index contributed by atoms with van der Waals surface area (Å²) in [6.07, 6.45) is 6.57. The fraction of sp³-hybridized carbons (Fsp3) is 0.600. The van der Waals surface area contributed by atoms with Gasteiger partial charge in [-0.25, -0.2) is 0 Å². The van der Waals surface area contributed by atoms with Crippen LogP contribution in [-0.2, 0) is 30.9 Å². The molecule has 3 N–H and O–H groups in total. The van der Waals surface area contributed by atoms with Crippen LogP contribution in [0.4, 0.5) is 0 Å². The number of carbonyl (C=O) groups is 2. The van der Waals surface area contributed by atoms with E-state index in [9.17, 15) is 14.7 Å². The number of amides is 1. The van der Waals surface area contributed by atoms with Crippen LogP contribution in [0.5, 0.6) is 11.5 Å². The summed E-state index contributed by atoms with van der Waals surface area (Å²) in [7, 11) is 1.63. The molecule has 1 aromatic rings. The van der Waals surface area contributed by atoms with Gasteiger partial charge < -0.3 is 34.7 Å². The van der Waals surface area contributed by atoms with E-state index in [0.29, 0.717) is 23.7 Å². The Kier molecular flexibility index (Phi) is 6.62. The van der Waals surface area contributed by atoms with Crippen LogP contribution in [0, 0.1) is 5.92 Å².